The van der Waals surface area contributed by atoms with Gasteiger partial charge in [-0.15, -0.1) is 0 Å². The minimum Gasteiger partial charge on any atom is -0.490 e. The Bertz CT molecular complexity index is 516. The van der Waals surface area contributed by atoms with Gasteiger partial charge in [-0.05, 0) is 43.9 Å². The van der Waals surface area contributed by atoms with Crippen molar-refractivity contribution < 1.29 is 14.6 Å². The Hall–Kier alpha value is -1.03. The molecule has 1 aromatic rings. The summed E-state index contributed by atoms with van der Waals surface area (Å²) in [5.74, 6) is 0.0518. The minimum absolute atomic E-state index is 0.282. The first-order valence-corrected chi connectivity index (χ1v) is 8.11. The first-order chi connectivity index (χ1) is 9.62. The van der Waals surface area contributed by atoms with E-state index in [-0.39, 0.29) is 6.10 Å². The van der Waals surface area contributed by atoms with Crippen molar-refractivity contribution in [1.29, 1.82) is 0 Å². The minimum atomic E-state index is -0.772. The molecule has 2 saturated carbocycles. The highest BCUT2D eigenvalue weighted by Crippen LogP contribution is 2.45. The normalized spacial score (nSPS) is 21.4. The summed E-state index contributed by atoms with van der Waals surface area (Å²) in [6, 6.07) is 5.79. The Morgan fingerprint density at radius 2 is 1.95 bits per heavy atom. The van der Waals surface area contributed by atoms with Crippen molar-refractivity contribution in [3.05, 3.63) is 28.2 Å². The van der Waals surface area contributed by atoms with Gasteiger partial charge in [0.15, 0.2) is 0 Å². The first-order valence-electron chi connectivity index (χ1n) is 7.32. The Kier molecular flexibility index (Phi) is 3.76. The van der Waals surface area contributed by atoms with Gasteiger partial charge < -0.3 is 9.84 Å². The molecule has 0 amide bonds. The molecule has 0 saturated heterocycles. The summed E-state index contributed by atoms with van der Waals surface area (Å²) in [6.07, 6.45) is 6.93. The summed E-state index contributed by atoms with van der Waals surface area (Å²) in [5, 5.41) is 9.84. The highest BCUT2D eigenvalue weighted by atomic mass is 79.9. The van der Waals surface area contributed by atoms with E-state index in [1.807, 2.05) is 18.2 Å². The van der Waals surface area contributed by atoms with E-state index < -0.39 is 11.4 Å². The molecule has 1 aromatic carbocycles. The van der Waals surface area contributed by atoms with Crippen LogP contribution < -0.4 is 4.74 Å². The highest BCUT2D eigenvalue weighted by molar-refractivity contribution is 9.10. The number of carboxylic acids is 1. The maximum Gasteiger partial charge on any atom is 0.314 e. The number of hydrogen-bond acceptors (Lipinski definition) is 2. The number of ether oxygens (including phenoxy) is 1. The van der Waals surface area contributed by atoms with E-state index in [0.29, 0.717) is 12.8 Å². The maximum atomic E-state index is 12.0. The summed E-state index contributed by atoms with van der Waals surface area (Å²) in [7, 11) is 0. The van der Waals surface area contributed by atoms with Crippen LogP contribution in [-0.4, -0.2) is 17.2 Å². The third-order valence-electron chi connectivity index (χ3n) is 4.39. The van der Waals surface area contributed by atoms with Crippen LogP contribution >= 0.6 is 15.9 Å². The molecule has 0 aromatic heterocycles. The van der Waals surface area contributed by atoms with Crippen LogP contribution in [0.2, 0.25) is 0 Å². The molecule has 3 rings (SSSR count). The molecule has 0 unspecified atom stereocenters. The monoisotopic (exact) mass is 338 g/mol. The van der Waals surface area contributed by atoms with Gasteiger partial charge in [0.05, 0.1) is 11.5 Å². The third-order valence-corrected chi connectivity index (χ3v) is 4.88. The molecule has 0 bridgehead atoms. The Balaban J connectivity index is 2.04. The molecule has 4 heteroatoms. The molecule has 1 N–H and O–H groups in total. The summed E-state index contributed by atoms with van der Waals surface area (Å²) in [5.41, 5.74) is 0.0812. The highest BCUT2D eigenvalue weighted by Gasteiger charge is 2.44. The number of hydrogen-bond donors (Lipinski definition) is 1. The lowest BCUT2D eigenvalue weighted by molar-refractivity contribution is -0.145. The number of aliphatic carboxylic acids is 1. The fourth-order valence-electron chi connectivity index (χ4n) is 3.10. The molecule has 20 heavy (non-hydrogen) atoms. The van der Waals surface area contributed by atoms with Gasteiger partial charge in [-0.25, -0.2) is 0 Å². The number of carbonyl (C=O) groups is 1. The second-order valence-electron chi connectivity index (χ2n) is 5.91. The lowest BCUT2D eigenvalue weighted by Crippen LogP contribution is -2.38. The van der Waals surface area contributed by atoms with Crippen LogP contribution in [0.15, 0.2) is 22.7 Å². The van der Waals surface area contributed by atoms with Gasteiger partial charge in [0, 0.05) is 10.0 Å². The van der Waals surface area contributed by atoms with Crippen LogP contribution in [0.5, 0.6) is 5.75 Å². The second kappa shape index (κ2) is 5.40. The van der Waals surface area contributed by atoms with Crippen molar-refractivity contribution in [2.24, 2.45) is 0 Å². The molecule has 0 atom stereocenters. The van der Waals surface area contributed by atoms with Gasteiger partial charge >= 0.3 is 5.97 Å². The van der Waals surface area contributed by atoms with Gasteiger partial charge in [0.25, 0.3) is 0 Å². The van der Waals surface area contributed by atoms with Crippen molar-refractivity contribution in [2.45, 2.75) is 56.5 Å². The summed E-state index contributed by atoms with van der Waals surface area (Å²) in [4.78, 5) is 12.0. The van der Waals surface area contributed by atoms with E-state index in [1.165, 1.54) is 0 Å². The lowest BCUT2D eigenvalue weighted by atomic mass is 9.69. The molecule has 0 radical (unpaired) electrons. The molecular formula is C16H19BrO3. The lowest BCUT2D eigenvalue weighted by Gasteiger charge is -2.35. The van der Waals surface area contributed by atoms with Gasteiger partial charge in [0.1, 0.15) is 5.75 Å². The van der Waals surface area contributed by atoms with E-state index >= 15 is 0 Å². The first kappa shape index (κ1) is 13.9. The number of benzene rings is 1. The molecule has 2 aliphatic carbocycles. The molecule has 2 fully saturated rings. The number of carboxylic acid groups (broad SMARTS) is 1. The largest absolute Gasteiger partial charge is 0.490 e. The standard InChI is InChI=1S/C16H19BrO3/c17-11-4-7-14(20-12-5-6-12)13(10-11)16(15(18)19)8-2-1-3-9-16/h4,7,10,12H,1-3,5-6,8-9H2,(H,18,19). The topological polar surface area (TPSA) is 46.5 Å². The van der Waals surface area contributed by atoms with E-state index in [9.17, 15) is 9.90 Å². The van der Waals surface area contributed by atoms with E-state index in [1.54, 1.807) is 0 Å². The third kappa shape index (κ3) is 2.58. The fourth-order valence-corrected chi connectivity index (χ4v) is 3.46. The molecule has 0 aliphatic heterocycles. The smallest absolute Gasteiger partial charge is 0.314 e. The SMILES string of the molecule is O=C(O)C1(c2cc(Br)ccc2OC2CC2)CCCCC1. The molecule has 0 heterocycles. The van der Waals surface area contributed by atoms with Gasteiger partial charge in [-0.2, -0.15) is 0 Å². The van der Waals surface area contributed by atoms with Crippen LogP contribution in [-0.2, 0) is 10.2 Å². The molecule has 2 aliphatic rings. The van der Waals surface area contributed by atoms with E-state index in [4.69, 9.17) is 4.74 Å². The second-order valence-corrected chi connectivity index (χ2v) is 6.82. The van der Waals surface area contributed by atoms with Crippen LogP contribution in [0.3, 0.4) is 0 Å². The predicted molar refractivity (Wildman–Crippen MR) is 80.2 cm³/mol. The molecular weight excluding hydrogens is 320 g/mol. The van der Waals surface area contributed by atoms with E-state index in [0.717, 1.165) is 47.9 Å². The summed E-state index contributed by atoms with van der Waals surface area (Å²) < 4.78 is 6.87. The fraction of sp³-hybridized carbons (Fsp3) is 0.562. The van der Waals surface area contributed by atoms with Crippen LogP contribution in [0, 0.1) is 0 Å². The zero-order valence-corrected chi connectivity index (χ0v) is 13.0. The zero-order chi connectivity index (χ0) is 14.2. The van der Waals surface area contributed by atoms with Crippen LogP contribution in [0.25, 0.3) is 0 Å². The van der Waals surface area contributed by atoms with Crippen LogP contribution in [0.4, 0.5) is 0 Å². The maximum absolute atomic E-state index is 12.0. The van der Waals surface area contributed by atoms with Crippen molar-refractivity contribution in [3.8, 4) is 5.75 Å². The number of halogens is 1. The van der Waals surface area contributed by atoms with Gasteiger partial charge in [-0.1, -0.05) is 35.2 Å². The summed E-state index contributed by atoms with van der Waals surface area (Å²) >= 11 is 3.47. The van der Waals surface area contributed by atoms with Gasteiger partial charge in [0.2, 0.25) is 0 Å². The average molecular weight is 339 g/mol. The molecule has 3 nitrogen and oxygen atoms in total. The van der Waals surface area contributed by atoms with Crippen molar-refractivity contribution in [3.63, 3.8) is 0 Å². The quantitative estimate of drug-likeness (QED) is 0.891. The molecule has 108 valence electrons. The van der Waals surface area contributed by atoms with Crippen LogP contribution in [0.1, 0.15) is 50.5 Å². The Morgan fingerprint density at radius 3 is 2.55 bits per heavy atom. The van der Waals surface area contributed by atoms with Gasteiger partial charge in [-0.3, -0.25) is 4.79 Å². The van der Waals surface area contributed by atoms with Crippen molar-refractivity contribution in [1.82, 2.24) is 0 Å². The van der Waals surface area contributed by atoms with Crippen molar-refractivity contribution >= 4 is 21.9 Å². The summed E-state index contributed by atoms with van der Waals surface area (Å²) in [6.45, 7) is 0. The van der Waals surface area contributed by atoms with E-state index in [2.05, 4.69) is 15.9 Å². The Morgan fingerprint density at radius 1 is 1.25 bits per heavy atom. The molecule has 0 spiro atoms. The Labute approximate surface area is 127 Å². The van der Waals surface area contributed by atoms with Crippen molar-refractivity contribution in [2.75, 3.05) is 0 Å². The predicted octanol–water partition coefficient (Wildman–Crippen LogP) is 4.28. The average Bonchev–Trinajstić information content (AvgIpc) is 3.25. The number of rotatable bonds is 4. The zero-order valence-electron chi connectivity index (χ0n) is 11.4.